The molecule has 0 aliphatic heterocycles. The van der Waals surface area contributed by atoms with E-state index in [0.29, 0.717) is 5.82 Å². The fourth-order valence-electron chi connectivity index (χ4n) is 3.33. The maximum absolute atomic E-state index is 13.0. The van der Waals surface area contributed by atoms with Gasteiger partial charge in [0.2, 0.25) is 5.91 Å². The van der Waals surface area contributed by atoms with E-state index in [0.717, 1.165) is 16.6 Å². The summed E-state index contributed by atoms with van der Waals surface area (Å²) in [5.74, 6) is -0.558. The van der Waals surface area contributed by atoms with Crippen molar-refractivity contribution < 1.29 is 14.0 Å². The molecule has 33 heavy (non-hydrogen) atoms. The number of carbonyl (C=O) groups excluding carboxylic acids is 2. The molecule has 0 radical (unpaired) electrons. The highest BCUT2D eigenvalue weighted by molar-refractivity contribution is 5.94. The molecule has 0 aliphatic carbocycles. The lowest BCUT2D eigenvalue weighted by Gasteiger charge is -2.13. The first-order chi connectivity index (χ1) is 15.9. The lowest BCUT2D eigenvalue weighted by Crippen LogP contribution is -2.33. The number of aromatic amines is 1. The molecule has 4 aromatic rings. The quantitative estimate of drug-likeness (QED) is 0.405. The number of rotatable bonds is 7. The summed E-state index contributed by atoms with van der Waals surface area (Å²) in [5.41, 5.74) is 2.23. The molecule has 8 nitrogen and oxygen atoms in total. The Kier molecular flexibility index (Phi) is 6.30. The van der Waals surface area contributed by atoms with Gasteiger partial charge in [0.1, 0.15) is 18.2 Å². The van der Waals surface area contributed by atoms with E-state index in [4.69, 9.17) is 0 Å². The van der Waals surface area contributed by atoms with E-state index in [1.54, 1.807) is 19.1 Å². The Morgan fingerprint density at radius 3 is 2.61 bits per heavy atom. The van der Waals surface area contributed by atoms with Crippen LogP contribution in [0.5, 0.6) is 0 Å². The third kappa shape index (κ3) is 5.32. The summed E-state index contributed by atoms with van der Waals surface area (Å²) < 4.78 is 14.1. The number of aromatic nitrogens is 3. The molecule has 2 aromatic carbocycles. The predicted molar refractivity (Wildman–Crippen MR) is 121 cm³/mol. The number of benzene rings is 2. The van der Waals surface area contributed by atoms with Crippen LogP contribution in [0.4, 0.5) is 4.39 Å². The molecule has 0 unspecified atom stereocenters. The molecule has 3 N–H and O–H groups in total. The van der Waals surface area contributed by atoms with Crippen molar-refractivity contribution in [2.75, 3.05) is 0 Å². The molecule has 0 spiro atoms. The molecule has 0 fully saturated rings. The topological polar surface area (TPSA) is 109 Å². The number of nitrogens with one attached hydrogen (secondary N) is 3. The summed E-state index contributed by atoms with van der Waals surface area (Å²) in [4.78, 5) is 44.8. The third-order valence-corrected chi connectivity index (χ3v) is 5.13. The first-order valence-electron chi connectivity index (χ1n) is 10.4. The number of pyridine rings is 1. The minimum Gasteiger partial charge on any atom is -0.350 e. The second-order valence-electron chi connectivity index (χ2n) is 7.62. The lowest BCUT2D eigenvalue weighted by atomic mass is 10.2. The van der Waals surface area contributed by atoms with Gasteiger partial charge >= 0.3 is 0 Å². The summed E-state index contributed by atoms with van der Waals surface area (Å²) in [7, 11) is 0. The molecule has 168 valence electrons. The minimum atomic E-state index is -0.409. The first-order valence-corrected chi connectivity index (χ1v) is 10.4. The Morgan fingerprint density at radius 2 is 1.85 bits per heavy atom. The highest BCUT2D eigenvalue weighted by atomic mass is 19.1. The molecule has 0 saturated carbocycles. The summed E-state index contributed by atoms with van der Waals surface area (Å²) in [5, 5.41) is 5.52. The number of hydrogen-bond donors (Lipinski definition) is 3. The Morgan fingerprint density at radius 1 is 1.09 bits per heavy atom. The number of halogens is 1. The fraction of sp³-hybridized carbons (Fsp3) is 0.167. The van der Waals surface area contributed by atoms with Crippen molar-refractivity contribution in [2.45, 2.75) is 26.1 Å². The summed E-state index contributed by atoms with van der Waals surface area (Å²) in [6.07, 6.45) is 1.35. The smallest absolute Gasteiger partial charge is 0.253 e. The summed E-state index contributed by atoms with van der Waals surface area (Å²) >= 11 is 0. The van der Waals surface area contributed by atoms with Crippen LogP contribution < -0.4 is 16.2 Å². The van der Waals surface area contributed by atoms with E-state index in [1.165, 1.54) is 35.0 Å². The van der Waals surface area contributed by atoms with E-state index >= 15 is 0 Å². The van der Waals surface area contributed by atoms with Crippen LogP contribution in [0.15, 0.2) is 71.7 Å². The maximum Gasteiger partial charge on any atom is 0.253 e. The molecule has 2 heterocycles. The zero-order valence-corrected chi connectivity index (χ0v) is 17.8. The van der Waals surface area contributed by atoms with E-state index in [1.807, 2.05) is 24.3 Å². The number of H-pyrrole nitrogens is 1. The highest BCUT2D eigenvalue weighted by Gasteiger charge is 2.16. The first kappa shape index (κ1) is 21.9. The van der Waals surface area contributed by atoms with Crippen molar-refractivity contribution in [1.29, 1.82) is 0 Å². The van der Waals surface area contributed by atoms with E-state index in [-0.39, 0.29) is 24.5 Å². The van der Waals surface area contributed by atoms with Crippen LogP contribution in [0.2, 0.25) is 0 Å². The van der Waals surface area contributed by atoms with Crippen LogP contribution in [-0.2, 0) is 17.9 Å². The standard InChI is InChI=1S/C24H22FN5O3/c1-15(23-28-19-4-2-3-5-20(19)29-23)27-24(33)17-8-11-22(32)30(13-17)14-21(31)26-12-16-6-9-18(25)10-7-16/h2-11,13,15H,12,14H2,1H3,(H,26,31)(H,27,33)(H,28,29)/t15-/m1/s1. The van der Waals surface area contributed by atoms with Gasteiger partial charge in [-0.1, -0.05) is 24.3 Å². The number of fused-ring (bicyclic) bond motifs is 1. The zero-order chi connectivity index (χ0) is 23.4. The fourth-order valence-corrected chi connectivity index (χ4v) is 3.33. The highest BCUT2D eigenvalue weighted by Crippen LogP contribution is 2.16. The van der Waals surface area contributed by atoms with Gasteiger partial charge in [-0.25, -0.2) is 9.37 Å². The van der Waals surface area contributed by atoms with Gasteiger partial charge in [0.05, 0.1) is 22.6 Å². The average molecular weight is 447 g/mol. The SMILES string of the molecule is C[C@@H](NC(=O)c1ccc(=O)n(CC(=O)NCc2ccc(F)cc2)c1)c1nc2ccccc2[nH]1. The molecule has 4 rings (SSSR count). The van der Waals surface area contributed by atoms with E-state index in [9.17, 15) is 18.8 Å². The lowest BCUT2D eigenvalue weighted by molar-refractivity contribution is -0.121. The van der Waals surface area contributed by atoms with Gasteiger partial charge in [-0.3, -0.25) is 14.4 Å². The van der Waals surface area contributed by atoms with Gasteiger partial charge in [0.25, 0.3) is 11.5 Å². The van der Waals surface area contributed by atoms with Gasteiger partial charge in [-0.05, 0) is 42.8 Å². The van der Waals surface area contributed by atoms with Crippen molar-refractivity contribution in [3.8, 4) is 0 Å². The van der Waals surface area contributed by atoms with Crippen molar-refractivity contribution in [3.05, 3.63) is 100.0 Å². The van der Waals surface area contributed by atoms with Gasteiger partial charge in [-0.2, -0.15) is 0 Å². The molecular formula is C24H22FN5O3. The van der Waals surface area contributed by atoms with Crippen molar-refractivity contribution in [2.24, 2.45) is 0 Å². The van der Waals surface area contributed by atoms with E-state index < -0.39 is 23.4 Å². The van der Waals surface area contributed by atoms with Gasteiger partial charge in [-0.15, -0.1) is 0 Å². The maximum atomic E-state index is 13.0. The normalized spacial score (nSPS) is 11.8. The number of amides is 2. The molecule has 0 bridgehead atoms. The molecule has 9 heteroatoms. The van der Waals surface area contributed by atoms with Crippen molar-refractivity contribution in [3.63, 3.8) is 0 Å². The van der Waals surface area contributed by atoms with Crippen molar-refractivity contribution >= 4 is 22.8 Å². The second-order valence-corrected chi connectivity index (χ2v) is 7.62. The number of carbonyl (C=O) groups is 2. The molecule has 2 aromatic heterocycles. The Balaban J connectivity index is 1.40. The van der Waals surface area contributed by atoms with Gasteiger partial charge in [0, 0.05) is 18.8 Å². The monoisotopic (exact) mass is 447 g/mol. The molecular weight excluding hydrogens is 425 g/mol. The molecule has 2 amide bonds. The van der Waals surface area contributed by atoms with Crippen molar-refractivity contribution in [1.82, 2.24) is 25.2 Å². The van der Waals surface area contributed by atoms with Gasteiger partial charge < -0.3 is 20.2 Å². The van der Waals surface area contributed by atoms with Gasteiger partial charge in [0.15, 0.2) is 0 Å². The zero-order valence-electron chi connectivity index (χ0n) is 17.8. The number of para-hydroxylation sites is 2. The summed E-state index contributed by atoms with van der Waals surface area (Å²) in [6.45, 7) is 1.75. The van der Waals surface area contributed by atoms with Crippen LogP contribution in [0, 0.1) is 5.82 Å². The van der Waals surface area contributed by atoms with Crippen LogP contribution in [0.1, 0.15) is 34.7 Å². The number of imidazole rings is 1. The molecule has 0 aliphatic rings. The average Bonchev–Trinajstić information content (AvgIpc) is 3.25. The Bertz CT molecular complexity index is 1330. The van der Waals surface area contributed by atoms with Crippen LogP contribution in [0.25, 0.3) is 11.0 Å². The van der Waals surface area contributed by atoms with Crippen LogP contribution in [0.3, 0.4) is 0 Å². The Hall–Kier alpha value is -4.27. The molecule has 1 atom stereocenters. The number of nitrogens with zero attached hydrogens (tertiary/aromatic N) is 2. The largest absolute Gasteiger partial charge is 0.350 e. The minimum absolute atomic E-state index is 0.197. The van der Waals surface area contributed by atoms with Crippen LogP contribution in [-0.4, -0.2) is 26.3 Å². The Labute approximate surface area is 188 Å². The summed E-state index contributed by atoms with van der Waals surface area (Å²) in [6, 6.07) is 15.6. The van der Waals surface area contributed by atoms with E-state index in [2.05, 4.69) is 20.6 Å². The predicted octanol–water partition coefficient (Wildman–Crippen LogP) is 2.67. The third-order valence-electron chi connectivity index (χ3n) is 5.13. The number of hydrogen-bond acceptors (Lipinski definition) is 4. The second kappa shape index (κ2) is 9.47. The molecule has 0 saturated heterocycles. The van der Waals surface area contributed by atoms with Crippen LogP contribution >= 0.6 is 0 Å².